The van der Waals surface area contributed by atoms with Gasteiger partial charge in [-0.3, -0.25) is 5.32 Å². The van der Waals surface area contributed by atoms with Crippen molar-refractivity contribution in [2.75, 3.05) is 18.5 Å². The third kappa shape index (κ3) is 5.04. The number of nitrogens with one attached hydrogen (secondary N) is 2. The first-order valence-corrected chi connectivity index (χ1v) is 8.93. The number of hydrogen-bond acceptors (Lipinski definition) is 6. The van der Waals surface area contributed by atoms with Gasteiger partial charge < -0.3 is 10.1 Å². The first kappa shape index (κ1) is 16.9. The molecule has 2 aromatic rings. The van der Waals surface area contributed by atoms with Gasteiger partial charge in [-0.25, -0.2) is 4.79 Å². The van der Waals surface area contributed by atoms with Crippen molar-refractivity contribution < 1.29 is 9.53 Å². The van der Waals surface area contributed by atoms with Gasteiger partial charge in [-0.2, -0.15) is 0 Å². The molecule has 1 atom stereocenters. The molecule has 0 saturated heterocycles. The van der Waals surface area contributed by atoms with Gasteiger partial charge in [0.25, 0.3) is 0 Å². The van der Waals surface area contributed by atoms with Crippen LogP contribution in [0.1, 0.15) is 36.2 Å². The number of nitrogens with zero attached hydrogens (tertiary/aromatic N) is 2. The Morgan fingerprint density at radius 3 is 2.95 bits per heavy atom. The van der Waals surface area contributed by atoms with Crippen LogP contribution in [0.2, 0.25) is 0 Å². The molecule has 0 fully saturated rings. The normalized spacial score (nSPS) is 12.1. The minimum Gasteiger partial charge on any atom is -0.381 e. The van der Waals surface area contributed by atoms with Crippen LogP contribution in [0.4, 0.5) is 9.93 Å². The minimum absolute atomic E-state index is 0.0188. The summed E-state index contributed by atoms with van der Waals surface area (Å²) in [6, 6.07) is 3.77. The predicted octanol–water partition coefficient (Wildman–Crippen LogP) is 3.45. The number of carbonyl (C=O) groups is 1. The van der Waals surface area contributed by atoms with Crippen LogP contribution in [0.3, 0.4) is 0 Å². The number of thiophene rings is 1. The van der Waals surface area contributed by atoms with E-state index in [1.54, 1.807) is 11.3 Å². The molecule has 0 aromatic carbocycles. The number of hydrogen-bond donors (Lipinski definition) is 2. The van der Waals surface area contributed by atoms with Crippen LogP contribution in [0.15, 0.2) is 17.5 Å². The van der Waals surface area contributed by atoms with Gasteiger partial charge in [-0.15, -0.1) is 21.5 Å². The van der Waals surface area contributed by atoms with Crippen LogP contribution in [0.25, 0.3) is 0 Å². The zero-order valence-corrected chi connectivity index (χ0v) is 14.3. The summed E-state index contributed by atoms with van der Waals surface area (Å²) in [5.74, 6) is 0. The van der Waals surface area contributed by atoms with Gasteiger partial charge in [-0.1, -0.05) is 24.3 Å². The molecular formula is C14H20N4O2S2. The van der Waals surface area contributed by atoms with Crippen LogP contribution < -0.4 is 10.6 Å². The second-order valence-corrected chi connectivity index (χ2v) is 6.56. The molecule has 2 N–H and O–H groups in total. The Balaban J connectivity index is 1.83. The molecule has 120 valence electrons. The van der Waals surface area contributed by atoms with Gasteiger partial charge >= 0.3 is 6.03 Å². The summed E-state index contributed by atoms with van der Waals surface area (Å²) in [5.41, 5.74) is 0. The first-order valence-electron chi connectivity index (χ1n) is 7.24. The quantitative estimate of drug-likeness (QED) is 0.722. The van der Waals surface area contributed by atoms with E-state index >= 15 is 0 Å². The first-order chi connectivity index (χ1) is 10.7. The van der Waals surface area contributed by atoms with Gasteiger partial charge in [-0.05, 0) is 24.8 Å². The van der Waals surface area contributed by atoms with Crippen LogP contribution in [0, 0.1) is 0 Å². The Morgan fingerprint density at radius 2 is 2.27 bits per heavy atom. The maximum absolute atomic E-state index is 12.0. The summed E-state index contributed by atoms with van der Waals surface area (Å²) in [7, 11) is 0. The molecule has 0 aliphatic carbocycles. The van der Waals surface area contributed by atoms with Crippen molar-refractivity contribution in [2.24, 2.45) is 0 Å². The molecule has 0 aliphatic rings. The SMILES string of the molecule is CCOCCc1nnc(NC(=O)NC(CC)c2cccs2)s1. The molecule has 1 unspecified atom stereocenters. The van der Waals surface area contributed by atoms with Gasteiger partial charge in [0.05, 0.1) is 12.6 Å². The van der Waals surface area contributed by atoms with E-state index in [1.807, 2.05) is 31.4 Å². The van der Waals surface area contributed by atoms with E-state index < -0.39 is 0 Å². The number of anilines is 1. The monoisotopic (exact) mass is 340 g/mol. The van der Waals surface area contributed by atoms with Crippen LogP contribution >= 0.6 is 22.7 Å². The fourth-order valence-electron chi connectivity index (χ4n) is 1.86. The number of carbonyl (C=O) groups excluding carboxylic acids is 1. The summed E-state index contributed by atoms with van der Waals surface area (Å²) in [5, 5.41) is 17.1. The summed E-state index contributed by atoms with van der Waals surface area (Å²) < 4.78 is 5.28. The van der Waals surface area contributed by atoms with Crippen LogP contribution in [-0.2, 0) is 11.2 Å². The number of amides is 2. The Labute approximate surface area is 137 Å². The highest BCUT2D eigenvalue weighted by Crippen LogP contribution is 2.22. The zero-order valence-electron chi connectivity index (χ0n) is 12.7. The molecule has 0 spiro atoms. The molecule has 0 saturated carbocycles. The van der Waals surface area contributed by atoms with E-state index in [1.165, 1.54) is 11.3 Å². The van der Waals surface area contributed by atoms with Crippen molar-refractivity contribution in [2.45, 2.75) is 32.7 Å². The smallest absolute Gasteiger partial charge is 0.321 e. The van der Waals surface area contributed by atoms with Gasteiger partial charge in [0.1, 0.15) is 5.01 Å². The molecule has 0 radical (unpaired) electrons. The van der Waals surface area contributed by atoms with Crippen molar-refractivity contribution >= 4 is 33.8 Å². The summed E-state index contributed by atoms with van der Waals surface area (Å²) >= 11 is 3.01. The summed E-state index contributed by atoms with van der Waals surface area (Å²) in [6.07, 6.45) is 1.55. The van der Waals surface area contributed by atoms with Crippen molar-refractivity contribution in [1.82, 2.24) is 15.5 Å². The molecule has 2 rings (SSSR count). The van der Waals surface area contributed by atoms with E-state index in [0.717, 1.165) is 16.3 Å². The molecule has 2 aromatic heterocycles. The Hall–Kier alpha value is -1.51. The third-order valence-electron chi connectivity index (χ3n) is 2.95. The van der Waals surface area contributed by atoms with E-state index in [0.29, 0.717) is 24.8 Å². The number of urea groups is 1. The average Bonchev–Trinajstić information content (AvgIpc) is 3.17. The highest BCUT2D eigenvalue weighted by molar-refractivity contribution is 7.15. The highest BCUT2D eigenvalue weighted by Gasteiger charge is 2.15. The standard InChI is InChI=1S/C14H20N4O2S2/c1-3-10(11-6-5-9-21-11)15-13(19)16-14-18-17-12(22-14)7-8-20-4-2/h5-6,9-10H,3-4,7-8H2,1-2H3,(H2,15,16,18,19). The summed E-state index contributed by atoms with van der Waals surface area (Å²) in [6.45, 7) is 5.30. The van der Waals surface area contributed by atoms with Crippen LogP contribution in [0.5, 0.6) is 0 Å². The molecular weight excluding hydrogens is 320 g/mol. The van der Waals surface area contributed by atoms with Crippen molar-refractivity contribution in [3.05, 3.63) is 27.4 Å². The lowest BCUT2D eigenvalue weighted by Crippen LogP contribution is -2.31. The van der Waals surface area contributed by atoms with Gasteiger partial charge in [0, 0.05) is 17.9 Å². The summed E-state index contributed by atoms with van der Waals surface area (Å²) in [4.78, 5) is 13.2. The topological polar surface area (TPSA) is 76.1 Å². The van der Waals surface area contributed by atoms with E-state index in [2.05, 4.69) is 20.8 Å². The lowest BCUT2D eigenvalue weighted by atomic mass is 10.2. The fraction of sp³-hybridized carbons (Fsp3) is 0.500. The second-order valence-electron chi connectivity index (χ2n) is 4.52. The minimum atomic E-state index is -0.257. The molecule has 22 heavy (non-hydrogen) atoms. The molecule has 0 bridgehead atoms. The van der Waals surface area contributed by atoms with E-state index in [-0.39, 0.29) is 12.1 Å². The lowest BCUT2D eigenvalue weighted by Gasteiger charge is -2.15. The van der Waals surface area contributed by atoms with Crippen molar-refractivity contribution in [3.63, 3.8) is 0 Å². The molecule has 0 aliphatic heterocycles. The Kier molecular flexibility index (Phi) is 6.75. The van der Waals surface area contributed by atoms with Crippen molar-refractivity contribution in [3.8, 4) is 0 Å². The van der Waals surface area contributed by atoms with E-state index in [4.69, 9.17) is 4.74 Å². The average molecular weight is 340 g/mol. The zero-order chi connectivity index (χ0) is 15.8. The number of aromatic nitrogens is 2. The molecule has 8 heteroatoms. The molecule has 2 amide bonds. The van der Waals surface area contributed by atoms with E-state index in [9.17, 15) is 4.79 Å². The number of ether oxygens (including phenoxy) is 1. The van der Waals surface area contributed by atoms with Crippen LogP contribution in [-0.4, -0.2) is 29.4 Å². The maximum Gasteiger partial charge on any atom is 0.321 e. The van der Waals surface area contributed by atoms with Crippen molar-refractivity contribution in [1.29, 1.82) is 0 Å². The molecule has 2 heterocycles. The molecule has 6 nitrogen and oxygen atoms in total. The Bertz CT molecular complexity index is 571. The third-order valence-corrected chi connectivity index (χ3v) is 4.84. The van der Waals surface area contributed by atoms with Gasteiger partial charge in [0.15, 0.2) is 0 Å². The Morgan fingerprint density at radius 1 is 1.41 bits per heavy atom. The fourth-order valence-corrected chi connectivity index (χ4v) is 3.44. The highest BCUT2D eigenvalue weighted by atomic mass is 32.1. The number of rotatable bonds is 8. The second kappa shape index (κ2) is 8.82. The maximum atomic E-state index is 12.0. The predicted molar refractivity (Wildman–Crippen MR) is 89.6 cm³/mol. The lowest BCUT2D eigenvalue weighted by molar-refractivity contribution is 0.150. The van der Waals surface area contributed by atoms with Gasteiger partial charge in [0.2, 0.25) is 5.13 Å². The largest absolute Gasteiger partial charge is 0.381 e.